The minimum atomic E-state index is -1.11. The number of aliphatic hydroxyl groups is 4. The predicted octanol–water partition coefficient (Wildman–Crippen LogP) is 15.3. The van der Waals surface area contributed by atoms with Gasteiger partial charge in [0.15, 0.2) is 0 Å². The number of carboxylic acid groups (broad SMARTS) is 4. The van der Waals surface area contributed by atoms with Crippen molar-refractivity contribution < 1.29 is 80.5 Å². The average Bonchev–Trinajstić information content (AvgIpc) is 0.790. The second kappa shape index (κ2) is 29.8. The van der Waals surface area contributed by atoms with Crippen LogP contribution < -0.4 is 0 Å². The van der Waals surface area contributed by atoms with Crippen molar-refractivity contribution in [3.8, 4) is 23.0 Å². The second-order valence-electron chi connectivity index (χ2n) is 35.5. The Morgan fingerprint density at radius 1 is 0.237 bits per heavy atom. The molecule has 4 rings (SSSR count). The summed E-state index contributed by atoms with van der Waals surface area (Å²) in [5.74, 6) is -2.36. The molecule has 4 aromatic rings. The third-order valence-electron chi connectivity index (χ3n) is 17.3. The van der Waals surface area contributed by atoms with E-state index in [-0.39, 0.29) is 66.3 Å². The van der Waals surface area contributed by atoms with Gasteiger partial charge < -0.3 is 61.3 Å². The van der Waals surface area contributed by atoms with Gasteiger partial charge in [-0.25, -0.2) is 0 Å². The number of aliphatic hydroxyl groups excluding tert-OH is 4. The molecule has 4 aromatic carbocycles. The molecule has 0 heterocycles. The molecule has 0 aliphatic heterocycles. The molecule has 528 valence electrons. The molecule has 0 bridgehead atoms. The van der Waals surface area contributed by atoms with E-state index in [2.05, 4.69) is 0 Å². The van der Waals surface area contributed by atoms with E-state index >= 15 is 0 Å². The molecule has 0 fully saturated rings. The predicted molar refractivity (Wildman–Crippen MR) is 375 cm³/mol. The Morgan fingerprint density at radius 2 is 0.333 bits per heavy atom. The molecule has 0 atom stereocenters. The number of aliphatic carboxylic acids is 4. The summed E-state index contributed by atoms with van der Waals surface area (Å²) in [6, 6.07) is 14.7. The van der Waals surface area contributed by atoms with Crippen molar-refractivity contribution in [1.82, 2.24) is 0 Å². The van der Waals surface area contributed by atoms with E-state index in [0.29, 0.717) is 0 Å². The Kier molecular flexibility index (Phi) is 27.8. The number of benzene rings is 4. The molecular formula is C77H124O16. The van der Waals surface area contributed by atoms with Crippen LogP contribution >= 0.6 is 0 Å². The smallest absolute Gasteiger partial charge is 0.313 e. The fourth-order valence-electron chi connectivity index (χ4n) is 9.35. The zero-order valence-electron chi connectivity index (χ0n) is 62.9. The van der Waals surface area contributed by atoms with Crippen molar-refractivity contribution in [3.05, 3.63) is 115 Å². The Hall–Kier alpha value is -6.20. The number of hydrogen-bond donors (Lipinski definition) is 12. The topological polar surface area (TPSA) is 311 Å². The average molecular weight is 1310 g/mol. The summed E-state index contributed by atoms with van der Waals surface area (Å²) < 4.78 is 0. The van der Waals surface area contributed by atoms with E-state index < -0.39 is 77.4 Å². The summed E-state index contributed by atoms with van der Waals surface area (Å²) in [6.07, 6.45) is 0. The Balaban J connectivity index is 0.00000116. The maximum atomic E-state index is 11.6. The summed E-state index contributed by atoms with van der Waals surface area (Å²) in [5.41, 5.74) is 2.10. The fraction of sp³-hybridized carbons (Fsp3) is 0.636. The Morgan fingerprint density at radius 3 is 0.387 bits per heavy atom. The standard InChI is InChI=1S/4C18H28O3.C5H12O4/c4*1-16(2,3)12-9-11(18(7,8)15(20)21)10-13(14(12)19)17(4,5)6;6-1-5(2-7,3-8)4-9/h4*9-10,19H,1-8H3,(H,20,21);6-9H,1-4H2. The number of aromatic hydroxyl groups is 4. The maximum absolute atomic E-state index is 11.6. The van der Waals surface area contributed by atoms with Crippen LogP contribution in [0.3, 0.4) is 0 Å². The van der Waals surface area contributed by atoms with Gasteiger partial charge in [0.05, 0.1) is 53.5 Å². The van der Waals surface area contributed by atoms with Crippen LogP contribution in [0, 0.1) is 5.41 Å². The van der Waals surface area contributed by atoms with E-state index in [1.54, 1.807) is 55.4 Å². The molecule has 0 radical (unpaired) electrons. The summed E-state index contributed by atoms with van der Waals surface area (Å²) in [6.45, 7) is 60.4. The first-order valence-corrected chi connectivity index (χ1v) is 31.9. The molecule has 16 nitrogen and oxygen atoms in total. The SMILES string of the molecule is CC(C)(C)c1cc(C(C)(C)C(=O)O)cc(C(C)(C)C)c1O.CC(C)(C)c1cc(C(C)(C)C(=O)O)cc(C(C)(C)C)c1O.CC(C)(C)c1cc(C(C)(C)C(=O)O)cc(C(C)(C)C)c1O.CC(C)(C)c1cc(C(C)(C)C(=O)O)cc(C(C)(C)C)c1O.OCC(CO)(CO)CO. The number of rotatable bonds is 12. The van der Waals surface area contributed by atoms with Crippen molar-refractivity contribution in [2.45, 2.75) is 287 Å². The van der Waals surface area contributed by atoms with Crippen LogP contribution in [0.5, 0.6) is 23.0 Å². The van der Waals surface area contributed by atoms with Crippen molar-refractivity contribution in [1.29, 1.82) is 0 Å². The monoisotopic (exact) mass is 1300 g/mol. The van der Waals surface area contributed by atoms with Crippen LogP contribution in [0.25, 0.3) is 0 Å². The minimum Gasteiger partial charge on any atom is -0.507 e. The molecule has 0 amide bonds. The Bertz CT molecular complexity index is 2670. The summed E-state index contributed by atoms with van der Waals surface area (Å²) >= 11 is 0. The zero-order chi connectivity index (χ0) is 74.5. The molecule has 0 aromatic heterocycles. The molecule has 0 spiro atoms. The van der Waals surface area contributed by atoms with Crippen LogP contribution in [-0.2, 0) is 84.2 Å². The Labute approximate surface area is 558 Å². The van der Waals surface area contributed by atoms with Gasteiger partial charge in [-0.05, 0) is 165 Å². The van der Waals surface area contributed by atoms with Crippen LogP contribution in [0.15, 0.2) is 48.5 Å². The number of phenols is 4. The number of phenolic OH excluding ortho intramolecular Hbond substituents is 4. The van der Waals surface area contributed by atoms with Gasteiger partial charge in [0.2, 0.25) is 0 Å². The third kappa shape index (κ3) is 21.9. The van der Waals surface area contributed by atoms with Crippen molar-refractivity contribution >= 4 is 23.9 Å². The van der Waals surface area contributed by atoms with Crippen molar-refractivity contribution in [2.24, 2.45) is 5.41 Å². The van der Waals surface area contributed by atoms with Crippen LogP contribution in [0.1, 0.15) is 288 Å². The lowest BCUT2D eigenvalue weighted by Gasteiger charge is -2.31. The highest BCUT2D eigenvalue weighted by Crippen LogP contribution is 2.47. The molecule has 0 saturated heterocycles. The molecule has 0 aliphatic carbocycles. The number of carboxylic acids is 4. The van der Waals surface area contributed by atoms with Gasteiger partial charge in [0, 0.05) is 0 Å². The molecule has 16 heteroatoms. The summed E-state index contributed by atoms with van der Waals surface area (Å²) in [4.78, 5) is 46.3. The van der Waals surface area contributed by atoms with Crippen molar-refractivity contribution in [3.63, 3.8) is 0 Å². The van der Waals surface area contributed by atoms with Crippen LogP contribution in [0.2, 0.25) is 0 Å². The van der Waals surface area contributed by atoms with Gasteiger partial charge >= 0.3 is 23.9 Å². The van der Waals surface area contributed by atoms with Gasteiger partial charge in [0.1, 0.15) is 23.0 Å². The lowest BCUT2D eigenvalue weighted by molar-refractivity contribution is -0.143. The van der Waals surface area contributed by atoms with Crippen LogP contribution in [0.4, 0.5) is 0 Å². The van der Waals surface area contributed by atoms with Gasteiger partial charge in [-0.1, -0.05) is 215 Å². The first kappa shape index (κ1) is 86.8. The first-order valence-electron chi connectivity index (χ1n) is 31.9. The lowest BCUT2D eigenvalue weighted by atomic mass is 9.74. The maximum Gasteiger partial charge on any atom is 0.313 e. The van der Waals surface area contributed by atoms with Gasteiger partial charge in [-0.15, -0.1) is 0 Å². The molecule has 0 unspecified atom stereocenters. The zero-order valence-corrected chi connectivity index (χ0v) is 62.9. The van der Waals surface area contributed by atoms with E-state index in [0.717, 1.165) is 66.8 Å². The highest BCUT2D eigenvalue weighted by Gasteiger charge is 2.39. The molecular weight excluding hydrogens is 1180 g/mol. The lowest BCUT2D eigenvalue weighted by Crippen LogP contribution is -2.37. The molecule has 0 aliphatic rings. The summed E-state index contributed by atoms with van der Waals surface area (Å²) in [7, 11) is 0. The van der Waals surface area contributed by atoms with Crippen molar-refractivity contribution in [2.75, 3.05) is 26.4 Å². The second-order valence-corrected chi connectivity index (χ2v) is 35.5. The van der Waals surface area contributed by atoms with E-state index in [4.69, 9.17) is 20.4 Å². The molecule has 12 N–H and O–H groups in total. The summed E-state index contributed by atoms with van der Waals surface area (Å²) in [5, 5.41) is 115. The van der Waals surface area contributed by atoms with Gasteiger partial charge in [-0.2, -0.15) is 0 Å². The van der Waals surface area contributed by atoms with E-state index in [1.807, 2.05) is 215 Å². The third-order valence-corrected chi connectivity index (χ3v) is 17.3. The van der Waals surface area contributed by atoms with E-state index in [9.17, 15) is 60.0 Å². The van der Waals surface area contributed by atoms with Gasteiger partial charge in [0.25, 0.3) is 0 Å². The highest BCUT2D eigenvalue weighted by molar-refractivity contribution is 5.83. The van der Waals surface area contributed by atoms with E-state index in [1.165, 1.54) is 0 Å². The molecule has 93 heavy (non-hydrogen) atoms. The van der Waals surface area contributed by atoms with Gasteiger partial charge in [-0.3, -0.25) is 19.2 Å². The number of hydrogen-bond acceptors (Lipinski definition) is 12. The quantitative estimate of drug-likeness (QED) is 0.0627. The highest BCUT2D eigenvalue weighted by atomic mass is 16.4. The first-order chi connectivity index (χ1) is 41.0. The fourth-order valence-corrected chi connectivity index (χ4v) is 9.35. The normalized spacial score (nSPS) is 13.2. The largest absolute Gasteiger partial charge is 0.507 e. The number of carbonyl (C=O) groups is 4. The van der Waals surface area contributed by atoms with Crippen LogP contribution in [-0.4, -0.2) is 112 Å². The minimum absolute atomic E-state index is 0.255. The molecule has 0 saturated carbocycles.